The van der Waals surface area contributed by atoms with Crippen LogP contribution >= 0.6 is 27.5 Å². The van der Waals surface area contributed by atoms with Gasteiger partial charge in [-0.15, -0.1) is 0 Å². The first-order valence-corrected chi connectivity index (χ1v) is 7.70. The summed E-state index contributed by atoms with van der Waals surface area (Å²) in [6.07, 6.45) is 0. The lowest BCUT2D eigenvalue weighted by atomic mass is 10.1. The van der Waals surface area contributed by atoms with Crippen LogP contribution in [0.25, 0.3) is 0 Å². The standard InChI is InChI=1S/C16H14BrClN2O2/c1-11(14-7-2-3-8-15(14)18)19-20-16(21)10-22-13-6-4-5-12(17)9-13/h2-9H,10H2,1H3,(H,20,21)/b19-11-. The summed E-state index contributed by atoms with van der Waals surface area (Å²) < 4.78 is 6.26. The highest BCUT2D eigenvalue weighted by Crippen LogP contribution is 2.17. The van der Waals surface area contributed by atoms with E-state index < -0.39 is 0 Å². The zero-order valence-electron chi connectivity index (χ0n) is 11.8. The largest absolute Gasteiger partial charge is 0.484 e. The van der Waals surface area contributed by atoms with Crippen LogP contribution in [0, 0.1) is 0 Å². The monoisotopic (exact) mass is 380 g/mol. The van der Waals surface area contributed by atoms with Crippen molar-refractivity contribution in [2.75, 3.05) is 6.61 Å². The minimum absolute atomic E-state index is 0.115. The molecule has 114 valence electrons. The SMILES string of the molecule is C/C(=N/NC(=O)COc1cccc(Br)c1)c1ccccc1Cl. The lowest BCUT2D eigenvalue weighted by Crippen LogP contribution is -2.25. The Kier molecular flexibility index (Phi) is 5.98. The fourth-order valence-electron chi connectivity index (χ4n) is 1.70. The first-order valence-electron chi connectivity index (χ1n) is 6.52. The molecule has 1 amide bonds. The zero-order chi connectivity index (χ0) is 15.9. The van der Waals surface area contributed by atoms with Gasteiger partial charge in [0.2, 0.25) is 0 Å². The van der Waals surface area contributed by atoms with Crippen molar-refractivity contribution in [3.8, 4) is 5.75 Å². The van der Waals surface area contributed by atoms with E-state index in [0.29, 0.717) is 16.5 Å². The summed E-state index contributed by atoms with van der Waals surface area (Å²) in [5.41, 5.74) is 3.85. The van der Waals surface area contributed by atoms with Crippen molar-refractivity contribution in [2.24, 2.45) is 5.10 Å². The Labute approximate surface area is 142 Å². The summed E-state index contributed by atoms with van der Waals surface area (Å²) >= 11 is 9.40. The zero-order valence-corrected chi connectivity index (χ0v) is 14.2. The van der Waals surface area contributed by atoms with Crippen molar-refractivity contribution in [2.45, 2.75) is 6.92 Å². The molecule has 0 unspecified atom stereocenters. The lowest BCUT2D eigenvalue weighted by molar-refractivity contribution is -0.123. The summed E-state index contributed by atoms with van der Waals surface area (Å²) in [5, 5.41) is 4.61. The summed E-state index contributed by atoms with van der Waals surface area (Å²) in [4.78, 5) is 11.7. The maximum absolute atomic E-state index is 11.7. The number of carbonyl (C=O) groups excluding carboxylic acids is 1. The molecule has 4 nitrogen and oxygen atoms in total. The minimum Gasteiger partial charge on any atom is -0.484 e. The van der Waals surface area contributed by atoms with Gasteiger partial charge in [-0.1, -0.05) is 51.8 Å². The molecule has 0 fully saturated rings. The summed E-state index contributed by atoms with van der Waals surface area (Å²) in [6, 6.07) is 14.6. The molecule has 0 aromatic heterocycles. The van der Waals surface area contributed by atoms with Gasteiger partial charge in [-0.2, -0.15) is 5.10 Å². The number of ether oxygens (including phenoxy) is 1. The van der Waals surface area contributed by atoms with Gasteiger partial charge in [0.25, 0.3) is 5.91 Å². The quantitative estimate of drug-likeness (QED) is 0.628. The molecule has 0 saturated carbocycles. The van der Waals surface area contributed by atoms with E-state index in [-0.39, 0.29) is 12.5 Å². The van der Waals surface area contributed by atoms with Gasteiger partial charge in [0, 0.05) is 15.1 Å². The van der Waals surface area contributed by atoms with E-state index in [1.807, 2.05) is 30.3 Å². The third kappa shape index (κ3) is 4.86. The Morgan fingerprint density at radius 1 is 1.27 bits per heavy atom. The number of halogens is 2. The molecule has 0 bridgehead atoms. The Bertz CT molecular complexity index is 704. The van der Waals surface area contributed by atoms with Crippen LogP contribution in [0.3, 0.4) is 0 Å². The van der Waals surface area contributed by atoms with Crippen LogP contribution < -0.4 is 10.2 Å². The first-order chi connectivity index (χ1) is 10.6. The fourth-order valence-corrected chi connectivity index (χ4v) is 2.35. The van der Waals surface area contributed by atoms with Crippen molar-refractivity contribution < 1.29 is 9.53 Å². The van der Waals surface area contributed by atoms with Gasteiger partial charge in [0.1, 0.15) is 5.75 Å². The second-order valence-corrected chi connectivity index (χ2v) is 5.78. The highest BCUT2D eigenvalue weighted by atomic mass is 79.9. The maximum Gasteiger partial charge on any atom is 0.277 e. The van der Waals surface area contributed by atoms with Crippen molar-refractivity contribution >= 4 is 39.1 Å². The van der Waals surface area contributed by atoms with E-state index in [1.165, 1.54) is 0 Å². The van der Waals surface area contributed by atoms with Crippen LogP contribution in [0.1, 0.15) is 12.5 Å². The number of carbonyl (C=O) groups is 1. The Morgan fingerprint density at radius 2 is 2.05 bits per heavy atom. The predicted octanol–water partition coefficient (Wildman–Crippen LogP) is 4.02. The average Bonchev–Trinajstić information content (AvgIpc) is 2.51. The van der Waals surface area contributed by atoms with E-state index in [0.717, 1.165) is 10.0 Å². The third-order valence-electron chi connectivity index (χ3n) is 2.78. The summed E-state index contributed by atoms with van der Waals surface area (Å²) in [6.45, 7) is 1.66. The highest BCUT2D eigenvalue weighted by Gasteiger charge is 2.05. The van der Waals surface area contributed by atoms with Crippen LogP contribution in [-0.4, -0.2) is 18.2 Å². The molecule has 0 aliphatic carbocycles. The van der Waals surface area contributed by atoms with E-state index >= 15 is 0 Å². The normalized spacial score (nSPS) is 11.1. The molecule has 2 aromatic rings. The van der Waals surface area contributed by atoms with Crippen molar-refractivity contribution in [1.29, 1.82) is 0 Å². The number of amides is 1. The second kappa shape index (κ2) is 7.96. The lowest BCUT2D eigenvalue weighted by Gasteiger charge is -2.06. The number of hydrogen-bond acceptors (Lipinski definition) is 3. The van der Waals surface area contributed by atoms with Gasteiger partial charge in [-0.05, 0) is 31.2 Å². The van der Waals surface area contributed by atoms with Gasteiger partial charge < -0.3 is 4.74 Å². The molecular weight excluding hydrogens is 368 g/mol. The van der Waals surface area contributed by atoms with Gasteiger partial charge >= 0.3 is 0 Å². The molecular formula is C16H14BrClN2O2. The first kappa shape index (κ1) is 16.5. The maximum atomic E-state index is 11.7. The van der Waals surface area contributed by atoms with E-state index in [1.54, 1.807) is 25.1 Å². The molecule has 0 radical (unpaired) electrons. The molecule has 0 spiro atoms. The molecule has 1 N–H and O–H groups in total. The molecule has 22 heavy (non-hydrogen) atoms. The Hall–Kier alpha value is -1.85. The van der Waals surface area contributed by atoms with E-state index in [4.69, 9.17) is 16.3 Å². The predicted molar refractivity (Wildman–Crippen MR) is 91.4 cm³/mol. The summed E-state index contributed by atoms with van der Waals surface area (Å²) in [5.74, 6) is 0.266. The molecule has 0 aliphatic rings. The number of rotatable bonds is 5. The molecule has 0 aliphatic heterocycles. The van der Waals surface area contributed by atoms with Crippen molar-refractivity contribution in [1.82, 2.24) is 5.43 Å². The van der Waals surface area contributed by atoms with Gasteiger partial charge in [0.15, 0.2) is 6.61 Å². The third-order valence-corrected chi connectivity index (χ3v) is 3.60. The van der Waals surface area contributed by atoms with Crippen molar-refractivity contribution in [3.63, 3.8) is 0 Å². The number of benzene rings is 2. The van der Waals surface area contributed by atoms with Gasteiger partial charge in [0.05, 0.1) is 5.71 Å². The molecule has 0 atom stereocenters. The summed E-state index contributed by atoms with van der Waals surface area (Å²) in [7, 11) is 0. The van der Waals surface area contributed by atoms with E-state index in [2.05, 4.69) is 26.5 Å². The average molecular weight is 382 g/mol. The number of hydrogen-bond donors (Lipinski definition) is 1. The van der Waals surface area contributed by atoms with Gasteiger partial charge in [-0.25, -0.2) is 5.43 Å². The molecule has 0 saturated heterocycles. The Morgan fingerprint density at radius 3 is 2.77 bits per heavy atom. The smallest absolute Gasteiger partial charge is 0.277 e. The van der Waals surface area contributed by atoms with E-state index in [9.17, 15) is 4.79 Å². The molecule has 0 heterocycles. The van der Waals surface area contributed by atoms with Crippen LogP contribution in [-0.2, 0) is 4.79 Å². The van der Waals surface area contributed by atoms with Crippen LogP contribution in [0.5, 0.6) is 5.75 Å². The van der Waals surface area contributed by atoms with Crippen LogP contribution in [0.4, 0.5) is 0 Å². The number of hydrazone groups is 1. The van der Waals surface area contributed by atoms with Gasteiger partial charge in [-0.3, -0.25) is 4.79 Å². The number of nitrogens with zero attached hydrogens (tertiary/aromatic N) is 1. The number of nitrogens with one attached hydrogen (secondary N) is 1. The molecule has 6 heteroatoms. The fraction of sp³-hybridized carbons (Fsp3) is 0.125. The second-order valence-electron chi connectivity index (χ2n) is 4.46. The Balaban J connectivity index is 1.90. The topological polar surface area (TPSA) is 50.7 Å². The molecule has 2 aromatic carbocycles. The van der Waals surface area contributed by atoms with Crippen LogP contribution in [0.15, 0.2) is 58.1 Å². The van der Waals surface area contributed by atoms with Crippen molar-refractivity contribution in [3.05, 3.63) is 63.6 Å². The molecule has 2 rings (SSSR count). The highest BCUT2D eigenvalue weighted by molar-refractivity contribution is 9.10. The minimum atomic E-state index is -0.341. The van der Waals surface area contributed by atoms with Crippen LogP contribution in [0.2, 0.25) is 5.02 Å².